The van der Waals surface area contributed by atoms with Crippen molar-refractivity contribution in [2.45, 2.75) is 6.54 Å². The number of nitrogens with zero attached hydrogens (tertiary/aromatic N) is 2. The Morgan fingerprint density at radius 3 is 2.75 bits per heavy atom. The minimum absolute atomic E-state index is 0.111. The van der Waals surface area contributed by atoms with Crippen molar-refractivity contribution in [3.63, 3.8) is 0 Å². The molecule has 0 radical (unpaired) electrons. The lowest BCUT2D eigenvalue weighted by molar-refractivity contribution is -0.384. The van der Waals surface area contributed by atoms with Gasteiger partial charge in [0.2, 0.25) is 0 Å². The molecule has 0 unspecified atom stereocenters. The van der Waals surface area contributed by atoms with Crippen molar-refractivity contribution < 1.29 is 4.92 Å². The third-order valence-electron chi connectivity index (χ3n) is 2.98. The summed E-state index contributed by atoms with van der Waals surface area (Å²) >= 11 is 1.60. The highest BCUT2D eigenvalue weighted by Gasteiger charge is 2.04. The third kappa shape index (κ3) is 2.60. The van der Waals surface area contributed by atoms with Gasteiger partial charge >= 0.3 is 0 Å². The monoisotopic (exact) mass is 285 g/mol. The van der Waals surface area contributed by atoms with Crippen molar-refractivity contribution >= 4 is 32.9 Å². The first-order valence-electron chi connectivity index (χ1n) is 6.03. The number of hydrogen-bond acceptors (Lipinski definition) is 5. The summed E-state index contributed by atoms with van der Waals surface area (Å²) in [5.74, 6) is 0. The van der Waals surface area contributed by atoms with Crippen LogP contribution in [0, 0.1) is 10.1 Å². The van der Waals surface area contributed by atoms with Gasteiger partial charge < -0.3 is 5.32 Å². The quantitative estimate of drug-likeness (QED) is 0.584. The molecule has 20 heavy (non-hydrogen) atoms. The smallest absolute Gasteiger partial charge is 0.269 e. The molecule has 0 fully saturated rings. The first kappa shape index (κ1) is 12.6. The van der Waals surface area contributed by atoms with E-state index in [1.54, 1.807) is 23.5 Å². The lowest BCUT2D eigenvalue weighted by atomic mass is 10.2. The van der Waals surface area contributed by atoms with Gasteiger partial charge in [0.1, 0.15) is 0 Å². The molecule has 2 aromatic carbocycles. The van der Waals surface area contributed by atoms with Gasteiger partial charge in [0.15, 0.2) is 0 Å². The molecule has 1 heterocycles. The van der Waals surface area contributed by atoms with E-state index in [1.165, 1.54) is 12.1 Å². The minimum atomic E-state index is -0.394. The number of non-ortho nitro benzene ring substituents is 1. The van der Waals surface area contributed by atoms with Crippen LogP contribution in [0.4, 0.5) is 11.4 Å². The van der Waals surface area contributed by atoms with E-state index in [2.05, 4.69) is 16.4 Å². The Bertz CT molecular complexity index is 752. The summed E-state index contributed by atoms with van der Waals surface area (Å²) in [6.45, 7) is 0.627. The molecule has 0 aliphatic carbocycles. The second-order valence-electron chi connectivity index (χ2n) is 4.31. The number of nitrogens with one attached hydrogen (secondary N) is 1. The number of nitro benzene ring substituents is 1. The number of rotatable bonds is 4. The van der Waals surface area contributed by atoms with Gasteiger partial charge in [-0.25, -0.2) is 4.98 Å². The molecule has 0 saturated carbocycles. The second kappa shape index (κ2) is 5.26. The molecule has 1 N–H and O–H groups in total. The minimum Gasteiger partial charge on any atom is -0.381 e. The van der Waals surface area contributed by atoms with E-state index < -0.39 is 4.92 Å². The van der Waals surface area contributed by atoms with E-state index in [9.17, 15) is 10.1 Å². The Morgan fingerprint density at radius 2 is 2.00 bits per heavy atom. The molecule has 5 nitrogen and oxygen atoms in total. The fourth-order valence-corrected chi connectivity index (χ4v) is 2.62. The molecule has 0 spiro atoms. The zero-order valence-electron chi connectivity index (χ0n) is 10.4. The van der Waals surface area contributed by atoms with Crippen molar-refractivity contribution in [3.8, 4) is 0 Å². The topological polar surface area (TPSA) is 68.1 Å². The molecule has 0 saturated heterocycles. The molecule has 0 aliphatic rings. The van der Waals surface area contributed by atoms with Crippen LogP contribution in [0.3, 0.4) is 0 Å². The highest BCUT2D eigenvalue weighted by atomic mass is 32.1. The number of aromatic nitrogens is 1. The van der Waals surface area contributed by atoms with E-state index >= 15 is 0 Å². The van der Waals surface area contributed by atoms with Gasteiger partial charge in [-0.15, -0.1) is 11.3 Å². The Labute approximate surface area is 119 Å². The van der Waals surface area contributed by atoms with Crippen molar-refractivity contribution in [2.24, 2.45) is 0 Å². The summed E-state index contributed by atoms with van der Waals surface area (Å²) in [7, 11) is 0. The molecule has 0 aliphatic heterocycles. The molecule has 6 heteroatoms. The van der Waals surface area contributed by atoms with Gasteiger partial charge in [0, 0.05) is 24.4 Å². The lowest BCUT2D eigenvalue weighted by Gasteiger charge is -2.06. The van der Waals surface area contributed by atoms with Crippen LogP contribution >= 0.6 is 11.3 Å². The maximum absolute atomic E-state index is 10.6. The zero-order chi connectivity index (χ0) is 13.9. The first-order chi connectivity index (χ1) is 9.72. The molecule has 3 aromatic rings. The van der Waals surface area contributed by atoms with Gasteiger partial charge in [-0.2, -0.15) is 0 Å². The number of fused-ring (bicyclic) bond motifs is 1. The summed E-state index contributed by atoms with van der Waals surface area (Å²) < 4.78 is 1.14. The van der Waals surface area contributed by atoms with Gasteiger partial charge in [-0.05, 0) is 23.8 Å². The standard InChI is InChI=1S/C14H11N3O2S/c18-17(19)12-4-1-10(2-5-12)8-15-11-3-6-13-14(7-11)20-9-16-13/h1-7,9,15H,8H2. The fraction of sp³-hybridized carbons (Fsp3) is 0.0714. The molecular formula is C14H11N3O2S. The molecule has 0 atom stereocenters. The average molecular weight is 285 g/mol. The zero-order valence-corrected chi connectivity index (χ0v) is 11.3. The van der Waals surface area contributed by atoms with E-state index in [4.69, 9.17) is 0 Å². The van der Waals surface area contributed by atoms with Crippen molar-refractivity contribution in [1.82, 2.24) is 4.98 Å². The normalized spacial score (nSPS) is 10.6. The summed E-state index contributed by atoms with van der Waals surface area (Å²) in [4.78, 5) is 14.4. The van der Waals surface area contributed by atoms with Crippen molar-refractivity contribution in [3.05, 3.63) is 63.7 Å². The SMILES string of the molecule is O=[N+]([O-])c1ccc(CNc2ccc3ncsc3c2)cc1. The predicted molar refractivity (Wildman–Crippen MR) is 80.0 cm³/mol. The van der Waals surface area contributed by atoms with E-state index in [1.807, 2.05) is 17.6 Å². The third-order valence-corrected chi connectivity index (χ3v) is 3.77. The lowest BCUT2D eigenvalue weighted by Crippen LogP contribution is -1.99. The molecule has 3 rings (SSSR count). The maximum atomic E-state index is 10.6. The summed E-state index contributed by atoms with van der Waals surface area (Å²) in [6.07, 6.45) is 0. The van der Waals surface area contributed by atoms with Crippen LogP contribution in [0.2, 0.25) is 0 Å². The van der Waals surface area contributed by atoms with Crippen LogP contribution < -0.4 is 5.32 Å². The molecular weight excluding hydrogens is 274 g/mol. The number of nitro groups is 1. The van der Waals surface area contributed by atoms with Gasteiger partial charge in [-0.3, -0.25) is 10.1 Å². The number of anilines is 1. The largest absolute Gasteiger partial charge is 0.381 e. The van der Waals surface area contributed by atoms with Crippen LogP contribution in [0.5, 0.6) is 0 Å². The van der Waals surface area contributed by atoms with Gasteiger partial charge in [0.05, 0.1) is 20.7 Å². The van der Waals surface area contributed by atoms with Crippen LogP contribution in [0.1, 0.15) is 5.56 Å². The van der Waals surface area contributed by atoms with Gasteiger partial charge in [0.25, 0.3) is 5.69 Å². The second-order valence-corrected chi connectivity index (χ2v) is 5.20. The summed E-state index contributed by atoms with van der Waals surface area (Å²) in [5, 5.41) is 13.9. The number of thiazole rings is 1. The molecule has 1 aromatic heterocycles. The van der Waals surface area contributed by atoms with Gasteiger partial charge in [-0.1, -0.05) is 12.1 Å². The molecule has 0 amide bonds. The Balaban J connectivity index is 1.70. The van der Waals surface area contributed by atoms with E-state index in [0.717, 1.165) is 21.5 Å². The first-order valence-corrected chi connectivity index (χ1v) is 6.91. The molecule has 100 valence electrons. The van der Waals surface area contributed by atoms with Crippen LogP contribution in [0.15, 0.2) is 48.0 Å². The van der Waals surface area contributed by atoms with Crippen LogP contribution in [0.25, 0.3) is 10.2 Å². The highest BCUT2D eigenvalue weighted by molar-refractivity contribution is 7.16. The number of hydrogen-bond donors (Lipinski definition) is 1. The fourth-order valence-electron chi connectivity index (χ4n) is 1.90. The number of benzene rings is 2. The van der Waals surface area contributed by atoms with Crippen LogP contribution in [-0.4, -0.2) is 9.91 Å². The highest BCUT2D eigenvalue weighted by Crippen LogP contribution is 2.22. The Hall–Kier alpha value is -2.47. The maximum Gasteiger partial charge on any atom is 0.269 e. The molecule has 0 bridgehead atoms. The van der Waals surface area contributed by atoms with Crippen LogP contribution in [-0.2, 0) is 6.54 Å². The predicted octanol–water partition coefficient (Wildman–Crippen LogP) is 3.82. The summed E-state index contributed by atoms with van der Waals surface area (Å²) in [6, 6.07) is 12.6. The Kier molecular flexibility index (Phi) is 3.30. The van der Waals surface area contributed by atoms with E-state index in [-0.39, 0.29) is 5.69 Å². The Morgan fingerprint density at radius 1 is 1.20 bits per heavy atom. The summed E-state index contributed by atoms with van der Waals surface area (Å²) in [5.41, 5.74) is 4.95. The van der Waals surface area contributed by atoms with Crippen molar-refractivity contribution in [2.75, 3.05) is 5.32 Å². The van der Waals surface area contributed by atoms with E-state index in [0.29, 0.717) is 6.54 Å². The average Bonchev–Trinajstić information content (AvgIpc) is 2.93. The van der Waals surface area contributed by atoms with Crippen molar-refractivity contribution in [1.29, 1.82) is 0 Å².